The molecule has 1 aliphatic heterocycles. The van der Waals surface area contributed by atoms with Crippen LogP contribution in [0, 0.1) is 12.8 Å². The highest BCUT2D eigenvalue weighted by molar-refractivity contribution is 7.90. The number of nitrogens with zero attached hydrogens (tertiary/aromatic N) is 2. The van der Waals surface area contributed by atoms with Crippen LogP contribution in [0.25, 0.3) is 11.0 Å². The van der Waals surface area contributed by atoms with Crippen LogP contribution >= 0.6 is 0 Å². The third-order valence-corrected chi connectivity index (χ3v) is 7.17. The summed E-state index contributed by atoms with van der Waals surface area (Å²) in [7, 11) is -3.69. The Labute approximate surface area is 160 Å². The molecule has 1 aromatic heterocycles. The maximum Gasteiger partial charge on any atom is 0.269 e. The molecule has 0 spiro atoms. The number of piperidine rings is 1. The van der Waals surface area contributed by atoms with Crippen LogP contribution < -0.4 is 4.90 Å². The van der Waals surface area contributed by atoms with Gasteiger partial charge in [-0.05, 0) is 44.0 Å². The van der Waals surface area contributed by atoms with Crippen LogP contribution in [0.5, 0.6) is 0 Å². The lowest BCUT2D eigenvalue weighted by molar-refractivity contribution is -0.922. The normalized spacial score (nSPS) is 20.8. The molecule has 4 rings (SSSR count). The first-order chi connectivity index (χ1) is 12.9. The molecule has 1 aliphatic rings. The first-order valence-corrected chi connectivity index (χ1v) is 11.0. The third kappa shape index (κ3) is 3.51. The van der Waals surface area contributed by atoms with E-state index in [1.165, 1.54) is 21.7 Å². The van der Waals surface area contributed by atoms with E-state index < -0.39 is 10.0 Å². The molecular formula is C21H26N3O2S+. The van der Waals surface area contributed by atoms with Gasteiger partial charge in [0.2, 0.25) is 0 Å². The molecule has 1 N–H and O–H groups in total. The second kappa shape index (κ2) is 7.09. The van der Waals surface area contributed by atoms with Crippen LogP contribution in [0.2, 0.25) is 0 Å². The molecule has 1 saturated heterocycles. The van der Waals surface area contributed by atoms with Gasteiger partial charge < -0.3 is 4.90 Å². The van der Waals surface area contributed by atoms with E-state index in [1.807, 2.05) is 43.3 Å². The van der Waals surface area contributed by atoms with Crippen molar-refractivity contribution in [3.05, 3.63) is 59.9 Å². The Bertz CT molecular complexity index is 1050. The number of aryl methyl sites for hydroxylation is 1. The minimum absolute atomic E-state index is 0.305. The Balaban J connectivity index is 1.81. The number of rotatable bonds is 4. The molecular weight excluding hydrogens is 358 g/mol. The summed E-state index contributed by atoms with van der Waals surface area (Å²) in [6, 6.07) is 14.5. The van der Waals surface area contributed by atoms with E-state index in [2.05, 4.69) is 6.92 Å². The second-order valence-electron chi connectivity index (χ2n) is 7.73. The van der Waals surface area contributed by atoms with Gasteiger partial charge in [0, 0.05) is 5.92 Å². The smallest absolute Gasteiger partial charge is 0.269 e. The van der Waals surface area contributed by atoms with Gasteiger partial charge in [0.1, 0.15) is 6.54 Å². The van der Waals surface area contributed by atoms with Crippen molar-refractivity contribution in [2.75, 3.05) is 13.1 Å². The number of quaternary nitrogens is 1. The summed E-state index contributed by atoms with van der Waals surface area (Å²) in [5.41, 5.74) is 2.42. The number of hydrogen-bond acceptors (Lipinski definition) is 3. The molecule has 3 aromatic rings. The second-order valence-corrected chi connectivity index (χ2v) is 9.51. The molecule has 5 nitrogen and oxygen atoms in total. The molecule has 2 aromatic carbocycles. The van der Waals surface area contributed by atoms with Gasteiger partial charge in [-0.25, -0.2) is 17.4 Å². The van der Waals surface area contributed by atoms with Crippen molar-refractivity contribution in [1.29, 1.82) is 0 Å². The fourth-order valence-electron chi connectivity index (χ4n) is 4.03. The van der Waals surface area contributed by atoms with Gasteiger partial charge in [0.15, 0.2) is 5.82 Å². The monoisotopic (exact) mass is 384 g/mol. The maximum atomic E-state index is 13.5. The van der Waals surface area contributed by atoms with E-state index in [1.54, 1.807) is 12.1 Å². The number of para-hydroxylation sites is 2. The van der Waals surface area contributed by atoms with E-state index in [4.69, 9.17) is 4.98 Å². The van der Waals surface area contributed by atoms with Gasteiger partial charge in [-0.3, -0.25) is 0 Å². The molecule has 1 unspecified atom stereocenters. The lowest BCUT2D eigenvalue weighted by Crippen LogP contribution is -3.12. The third-order valence-electron chi connectivity index (χ3n) is 5.42. The zero-order chi connectivity index (χ0) is 19.0. The topological polar surface area (TPSA) is 56.4 Å². The first kappa shape index (κ1) is 18.2. The van der Waals surface area contributed by atoms with Crippen molar-refractivity contribution < 1.29 is 13.3 Å². The number of nitrogens with one attached hydrogen (secondary N) is 1. The number of hydrogen-bond donors (Lipinski definition) is 1. The molecule has 6 heteroatoms. The van der Waals surface area contributed by atoms with Crippen molar-refractivity contribution in [1.82, 2.24) is 8.96 Å². The Morgan fingerprint density at radius 3 is 2.63 bits per heavy atom. The quantitative estimate of drug-likeness (QED) is 0.752. The van der Waals surface area contributed by atoms with E-state index in [0.717, 1.165) is 24.2 Å². The van der Waals surface area contributed by atoms with Gasteiger partial charge in [0.05, 0.1) is 29.0 Å². The zero-order valence-electron chi connectivity index (χ0n) is 15.9. The summed E-state index contributed by atoms with van der Waals surface area (Å²) in [5, 5.41) is 0. The van der Waals surface area contributed by atoms with Gasteiger partial charge in [0.25, 0.3) is 10.0 Å². The SMILES string of the molecule is Cc1ccc(S(=O)(=O)n2c(C[NH+]3CCC[C@@H](C)C3)nc3ccccc32)cc1. The fraction of sp³-hybridized carbons (Fsp3) is 0.381. The van der Waals surface area contributed by atoms with Crippen LogP contribution in [-0.2, 0) is 16.6 Å². The highest BCUT2D eigenvalue weighted by Crippen LogP contribution is 2.23. The average Bonchev–Trinajstić information content (AvgIpc) is 3.00. The molecule has 0 bridgehead atoms. The average molecular weight is 385 g/mol. The molecule has 2 heterocycles. The number of fused-ring (bicyclic) bond motifs is 1. The van der Waals surface area contributed by atoms with Crippen molar-refractivity contribution in [3.8, 4) is 0 Å². The predicted molar refractivity (Wildman–Crippen MR) is 106 cm³/mol. The lowest BCUT2D eigenvalue weighted by Gasteiger charge is -2.27. The van der Waals surface area contributed by atoms with Gasteiger partial charge in [-0.15, -0.1) is 0 Å². The van der Waals surface area contributed by atoms with Crippen LogP contribution in [0.4, 0.5) is 0 Å². The molecule has 0 radical (unpaired) electrons. The number of aromatic nitrogens is 2. The largest absolute Gasteiger partial charge is 0.328 e. The molecule has 1 fully saturated rings. The van der Waals surface area contributed by atoms with E-state index in [0.29, 0.717) is 28.7 Å². The highest BCUT2D eigenvalue weighted by Gasteiger charge is 2.28. The van der Waals surface area contributed by atoms with Crippen LogP contribution in [0.1, 0.15) is 31.2 Å². The number of benzene rings is 2. The Hall–Kier alpha value is -2.18. The molecule has 0 aliphatic carbocycles. The first-order valence-electron chi connectivity index (χ1n) is 9.57. The summed E-state index contributed by atoms with van der Waals surface area (Å²) in [6.07, 6.45) is 2.43. The molecule has 2 atom stereocenters. The van der Waals surface area contributed by atoms with Crippen molar-refractivity contribution >= 4 is 21.1 Å². The van der Waals surface area contributed by atoms with Gasteiger partial charge in [-0.2, -0.15) is 0 Å². The van der Waals surface area contributed by atoms with E-state index >= 15 is 0 Å². The molecule has 27 heavy (non-hydrogen) atoms. The molecule has 0 saturated carbocycles. The van der Waals surface area contributed by atoms with E-state index in [9.17, 15) is 8.42 Å². The predicted octanol–water partition coefficient (Wildman–Crippen LogP) is 2.40. The minimum Gasteiger partial charge on any atom is -0.328 e. The Morgan fingerprint density at radius 2 is 1.89 bits per heavy atom. The zero-order valence-corrected chi connectivity index (χ0v) is 16.7. The van der Waals surface area contributed by atoms with Crippen molar-refractivity contribution in [3.63, 3.8) is 0 Å². The highest BCUT2D eigenvalue weighted by atomic mass is 32.2. The standard InChI is InChI=1S/C21H25N3O2S/c1-16-9-11-18(12-10-16)27(25,26)24-20-8-4-3-7-19(20)22-21(24)15-23-13-5-6-17(2)14-23/h3-4,7-12,17H,5-6,13-15H2,1-2H3/p+1/t17-/m1/s1. The van der Waals surface area contributed by atoms with Gasteiger partial charge in [-0.1, -0.05) is 36.8 Å². The van der Waals surface area contributed by atoms with Crippen LogP contribution in [0.3, 0.4) is 0 Å². The molecule has 0 amide bonds. The summed E-state index contributed by atoms with van der Waals surface area (Å²) in [4.78, 5) is 6.42. The summed E-state index contributed by atoms with van der Waals surface area (Å²) in [5.74, 6) is 1.29. The maximum absolute atomic E-state index is 13.5. The van der Waals surface area contributed by atoms with Crippen LogP contribution in [-0.4, -0.2) is 30.5 Å². The van der Waals surface area contributed by atoms with Crippen LogP contribution in [0.15, 0.2) is 53.4 Å². The summed E-state index contributed by atoms with van der Waals surface area (Å²) < 4.78 is 28.4. The molecule has 142 valence electrons. The van der Waals surface area contributed by atoms with Crippen molar-refractivity contribution in [2.24, 2.45) is 5.92 Å². The summed E-state index contributed by atoms with van der Waals surface area (Å²) in [6.45, 7) is 6.98. The lowest BCUT2D eigenvalue weighted by atomic mass is 10.0. The Morgan fingerprint density at radius 1 is 1.15 bits per heavy atom. The fourth-order valence-corrected chi connectivity index (χ4v) is 5.52. The summed E-state index contributed by atoms with van der Waals surface area (Å²) >= 11 is 0. The number of imidazole rings is 1. The minimum atomic E-state index is -3.69. The van der Waals surface area contributed by atoms with Gasteiger partial charge >= 0.3 is 0 Å². The Kier molecular flexibility index (Phi) is 4.78. The van der Waals surface area contributed by atoms with E-state index in [-0.39, 0.29) is 0 Å². The number of likely N-dealkylation sites (tertiary alicyclic amines) is 1. The van der Waals surface area contributed by atoms with Crippen molar-refractivity contribution in [2.45, 2.75) is 38.1 Å².